The fourth-order valence-electron chi connectivity index (χ4n) is 2.21. The number of amides is 1. The van der Waals surface area contributed by atoms with Gasteiger partial charge >= 0.3 is 0 Å². The Kier molecular flexibility index (Phi) is 11.7. The summed E-state index contributed by atoms with van der Waals surface area (Å²) < 4.78 is 0. The Morgan fingerprint density at radius 2 is 2.26 bits per heavy atom. The number of allylic oxidation sites excluding steroid dienone is 7. The third-order valence-corrected chi connectivity index (χ3v) is 4.56. The number of carbonyl (C=O) groups excluding carboxylic acids is 1. The second-order valence-electron chi connectivity index (χ2n) is 5.73. The third kappa shape index (κ3) is 9.88. The lowest BCUT2D eigenvalue weighted by molar-refractivity contribution is -0.118. The van der Waals surface area contributed by atoms with Gasteiger partial charge in [-0.25, -0.2) is 4.98 Å². The standard InChI is InChI=1S/C21H27N3OS2/c1-4-6-8-13-18(11-5-2)19-16-27-21(24-19)23-17(3)12-9-7-10-14-22-20(25)15-26/h1,5-6,8,11,13,16,26H,3,7,9-10,12,14-15H2,2H3,(H,22,25)(H,23,24)/b8-6+,11-5-,18-13+. The number of aromatic nitrogens is 1. The van der Waals surface area contributed by atoms with Gasteiger partial charge in [0.05, 0.1) is 11.4 Å². The molecule has 1 aromatic rings. The molecule has 0 spiro atoms. The molecular weight excluding hydrogens is 374 g/mol. The monoisotopic (exact) mass is 401 g/mol. The smallest absolute Gasteiger partial charge is 0.229 e. The van der Waals surface area contributed by atoms with Crippen LogP contribution in [0.25, 0.3) is 5.57 Å². The first-order valence-electron chi connectivity index (χ1n) is 8.84. The molecule has 0 aliphatic carbocycles. The summed E-state index contributed by atoms with van der Waals surface area (Å²) in [7, 11) is 0. The number of hydrogen-bond donors (Lipinski definition) is 3. The third-order valence-electron chi connectivity index (χ3n) is 3.52. The van der Waals surface area contributed by atoms with Crippen molar-refractivity contribution in [3.8, 4) is 12.3 Å². The number of unbranched alkanes of at least 4 members (excludes halogenated alkanes) is 2. The topological polar surface area (TPSA) is 54.0 Å². The molecule has 0 aromatic carbocycles. The minimum absolute atomic E-state index is 0.0231. The van der Waals surface area contributed by atoms with Gasteiger partial charge in [0.1, 0.15) is 0 Å². The zero-order valence-corrected chi connectivity index (χ0v) is 17.4. The molecule has 144 valence electrons. The average Bonchev–Trinajstić information content (AvgIpc) is 3.12. The molecule has 0 radical (unpaired) electrons. The van der Waals surface area contributed by atoms with Crippen molar-refractivity contribution in [2.24, 2.45) is 0 Å². The number of rotatable bonds is 12. The van der Waals surface area contributed by atoms with Gasteiger partial charge in [-0.05, 0) is 32.3 Å². The number of terminal acetylenes is 1. The Bertz CT molecular complexity index is 739. The highest BCUT2D eigenvalue weighted by molar-refractivity contribution is 7.81. The number of anilines is 1. The number of nitrogens with zero attached hydrogens (tertiary/aromatic N) is 1. The molecule has 27 heavy (non-hydrogen) atoms. The number of thiazole rings is 1. The van der Waals surface area contributed by atoms with Gasteiger partial charge in [-0.1, -0.05) is 43.2 Å². The van der Waals surface area contributed by atoms with Crippen molar-refractivity contribution in [2.45, 2.75) is 32.6 Å². The molecule has 0 saturated carbocycles. The maximum absolute atomic E-state index is 11.1. The van der Waals surface area contributed by atoms with E-state index in [1.54, 1.807) is 17.4 Å². The predicted molar refractivity (Wildman–Crippen MR) is 121 cm³/mol. The number of nitrogens with one attached hydrogen (secondary N) is 2. The summed E-state index contributed by atoms with van der Waals surface area (Å²) >= 11 is 5.47. The van der Waals surface area contributed by atoms with Crippen molar-refractivity contribution >= 4 is 40.6 Å². The van der Waals surface area contributed by atoms with Crippen LogP contribution in [0, 0.1) is 12.3 Å². The van der Waals surface area contributed by atoms with E-state index in [-0.39, 0.29) is 11.7 Å². The molecule has 0 unspecified atom stereocenters. The van der Waals surface area contributed by atoms with Crippen LogP contribution in [0.2, 0.25) is 0 Å². The van der Waals surface area contributed by atoms with E-state index in [2.05, 4.69) is 40.7 Å². The fraction of sp³-hybridized carbons (Fsp3) is 0.333. The lowest BCUT2D eigenvalue weighted by Crippen LogP contribution is -2.25. The molecule has 2 N–H and O–H groups in total. The molecule has 0 aliphatic rings. The minimum atomic E-state index is -0.0231. The summed E-state index contributed by atoms with van der Waals surface area (Å²) in [6, 6.07) is 0. The molecule has 0 atom stereocenters. The van der Waals surface area contributed by atoms with Crippen LogP contribution in [0.1, 0.15) is 38.3 Å². The molecule has 0 aliphatic heterocycles. The molecule has 6 heteroatoms. The van der Waals surface area contributed by atoms with E-state index in [1.165, 1.54) is 0 Å². The van der Waals surface area contributed by atoms with Crippen LogP contribution < -0.4 is 10.6 Å². The van der Waals surface area contributed by atoms with Crippen LogP contribution in [-0.4, -0.2) is 23.2 Å². The van der Waals surface area contributed by atoms with Gasteiger partial charge in [0.25, 0.3) is 0 Å². The molecule has 0 saturated heterocycles. The second-order valence-corrected chi connectivity index (χ2v) is 6.91. The van der Waals surface area contributed by atoms with Gasteiger partial charge in [0.15, 0.2) is 5.13 Å². The van der Waals surface area contributed by atoms with E-state index < -0.39 is 0 Å². The number of thiol groups is 1. The average molecular weight is 402 g/mol. The number of hydrogen-bond acceptors (Lipinski definition) is 5. The van der Waals surface area contributed by atoms with Crippen molar-refractivity contribution in [1.29, 1.82) is 0 Å². The summed E-state index contributed by atoms with van der Waals surface area (Å²) in [6.45, 7) is 6.74. The Balaban J connectivity index is 2.43. The van der Waals surface area contributed by atoms with Crippen LogP contribution >= 0.6 is 24.0 Å². The Morgan fingerprint density at radius 1 is 1.44 bits per heavy atom. The SMILES string of the molecule is C#C/C=C/C=C(\C=C/C)c1csc(NC(=C)CCCCCNC(=O)CS)n1. The summed E-state index contributed by atoms with van der Waals surface area (Å²) in [4.78, 5) is 15.7. The predicted octanol–water partition coefficient (Wildman–Crippen LogP) is 4.82. The molecule has 1 aromatic heterocycles. The quantitative estimate of drug-likeness (QED) is 0.204. The summed E-state index contributed by atoms with van der Waals surface area (Å²) in [6.07, 6.45) is 18.5. The van der Waals surface area contributed by atoms with Gasteiger partial charge in [-0.3, -0.25) is 4.79 Å². The molecule has 1 amide bonds. The zero-order chi connectivity index (χ0) is 19.9. The van der Waals surface area contributed by atoms with Crippen molar-refractivity contribution < 1.29 is 4.79 Å². The van der Waals surface area contributed by atoms with Gasteiger partial charge in [-0.15, -0.1) is 17.8 Å². The maximum Gasteiger partial charge on any atom is 0.229 e. The first-order valence-corrected chi connectivity index (χ1v) is 10.4. The van der Waals surface area contributed by atoms with E-state index in [0.29, 0.717) is 6.54 Å². The van der Waals surface area contributed by atoms with E-state index in [9.17, 15) is 4.79 Å². The Labute approximate surface area is 172 Å². The summed E-state index contributed by atoms with van der Waals surface area (Å²) in [5.41, 5.74) is 2.84. The van der Waals surface area contributed by atoms with E-state index in [1.807, 2.05) is 36.6 Å². The van der Waals surface area contributed by atoms with Gasteiger partial charge < -0.3 is 10.6 Å². The minimum Gasteiger partial charge on any atom is -0.355 e. The van der Waals surface area contributed by atoms with Gasteiger partial charge in [0, 0.05) is 23.2 Å². The van der Waals surface area contributed by atoms with Gasteiger partial charge in [-0.2, -0.15) is 12.6 Å². The normalized spacial score (nSPS) is 11.7. The molecule has 1 heterocycles. The van der Waals surface area contributed by atoms with Crippen LogP contribution in [0.5, 0.6) is 0 Å². The van der Waals surface area contributed by atoms with Crippen molar-refractivity contribution in [2.75, 3.05) is 17.6 Å². The first kappa shape index (κ1) is 22.8. The maximum atomic E-state index is 11.1. The number of carbonyl (C=O) groups is 1. The zero-order valence-electron chi connectivity index (χ0n) is 15.7. The lowest BCUT2D eigenvalue weighted by Gasteiger charge is -2.07. The van der Waals surface area contributed by atoms with Crippen LogP contribution in [0.15, 0.2) is 48.0 Å². The molecule has 0 bridgehead atoms. The highest BCUT2D eigenvalue weighted by Gasteiger charge is 2.06. The Hall–Kier alpha value is -2.23. The highest BCUT2D eigenvalue weighted by Crippen LogP contribution is 2.24. The highest BCUT2D eigenvalue weighted by atomic mass is 32.1. The fourth-order valence-corrected chi connectivity index (χ4v) is 3.09. The Morgan fingerprint density at radius 3 is 2.96 bits per heavy atom. The van der Waals surface area contributed by atoms with E-state index in [4.69, 9.17) is 6.42 Å². The van der Waals surface area contributed by atoms with E-state index in [0.717, 1.165) is 47.8 Å². The molecule has 0 fully saturated rings. The van der Waals surface area contributed by atoms with Crippen molar-refractivity contribution in [3.63, 3.8) is 0 Å². The van der Waals surface area contributed by atoms with Crippen molar-refractivity contribution in [1.82, 2.24) is 10.3 Å². The van der Waals surface area contributed by atoms with Crippen LogP contribution in [-0.2, 0) is 4.79 Å². The second kappa shape index (κ2) is 13.9. The van der Waals surface area contributed by atoms with Crippen molar-refractivity contribution in [3.05, 3.63) is 53.7 Å². The summed E-state index contributed by atoms with van der Waals surface area (Å²) in [5, 5.41) is 8.93. The lowest BCUT2D eigenvalue weighted by atomic mass is 10.1. The summed E-state index contributed by atoms with van der Waals surface area (Å²) in [5.74, 6) is 2.69. The first-order chi connectivity index (χ1) is 13.1. The molecule has 1 rings (SSSR count). The van der Waals surface area contributed by atoms with Crippen LogP contribution in [0.3, 0.4) is 0 Å². The van der Waals surface area contributed by atoms with E-state index >= 15 is 0 Å². The molecule has 4 nitrogen and oxygen atoms in total. The largest absolute Gasteiger partial charge is 0.355 e. The van der Waals surface area contributed by atoms with Crippen LogP contribution in [0.4, 0.5) is 5.13 Å². The van der Waals surface area contributed by atoms with Gasteiger partial charge in [0.2, 0.25) is 5.91 Å². The molecular formula is C21H27N3OS2.